The number of benzene rings is 4. The second-order valence-corrected chi connectivity index (χ2v) is 9.67. The molecule has 4 aromatic carbocycles. The average molecular weight is 456 g/mol. The zero-order valence-corrected chi connectivity index (χ0v) is 18.5. The molecule has 0 unspecified atom stereocenters. The summed E-state index contributed by atoms with van der Waals surface area (Å²) in [4.78, 5) is 17.4. The first kappa shape index (κ1) is 20.9. The summed E-state index contributed by atoms with van der Waals surface area (Å²) in [6.45, 7) is -0.174. The minimum Gasteiger partial charge on any atom is -0.324 e. The molecule has 0 aliphatic carbocycles. The fraction of sp³-hybridized carbons (Fsp3) is 0.0769. The lowest BCUT2D eigenvalue weighted by Gasteiger charge is -2.12. The fourth-order valence-corrected chi connectivity index (χ4v) is 5.47. The number of fused-ring (bicyclic) bond motifs is 2. The third-order valence-corrected chi connectivity index (χ3v) is 7.04. The highest BCUT2D eigenvalue weighted by atomic mass is 32.2. The van der Waals surface area contributed by atoms with Gasteiger partial charge in [-0.2, -0.15) is 0 Å². The summed E-state index contributed by atoms with van der Waals surface area (Å²) in [5, 5.41) is 4.75. The minimum absolute atomic E-state index is 0.111. The van der Waals surface area contributed by atoms with Crippen molar-refractivity contribution in [2.75, 3.05) is 5.32 Å². The number of sulfone groups is 1. The van der Waals surface area contributed by atoms with Crippen LogP contribution in [0.15, 0.2) is 102 Å². The first-order valence-corrected chi connectivity index (χ1v) is 12.2. The number of aromatic nitrogens is 2. The van der Waals surface area contributed by atoms with E-state index in [1.807, 2.05) is 48.5 Å². The van der Waals surface area contributed by atoms with Crippen molar-refractivity contribution < 1.29 is 13.2 Å². The number of imidazole rings is 1. The van der Waals surface area contributed by atoms with E-state index in [0.29, 0.717) is 22.3 Å². The number of amides is 1. The van der Waals surface area contributed by atoms with Crippen LogP contribution in [0.25, 0.3) is 21.8 Å². The van der Waals surface area contributed by atoms with E-state index in [1.54, 1.807) is 48.5 Å². The maximum absolute atomic E-state index is 13.3. The van der Waals surface area contributed by atoms with Gasteiger partial charge in [-0.15, -0.1) is 0 Å². The van der Waals surface area contributed by atoms with Crippen LogP contribution in [0.2, 0.25) is 0 Å². The first-order chi connectivity index (χ1) is 16.0. The number of carbonyl (C=O) groups excluding carboxylic acids is 1. The van der Waals surface area contributed by atoms with Crippen molar-refractivity contribution in [2.24, 2.45) is 0 Å². The molecule has 0 bridgehead atoms. The molecule has 0 atom stereocenters. The largest absolute Gasteiger partial charge is 0.324 e. The quantitative estimate of drug-likeness (QED) is 0.399. The molecular weight excluding hydrogens is 434 g/mol. The van der Waals surface area contributed by atoms with Crippen LogP contribution in [-0.2, 0) is 26.9 Å². The van der Waals surface area contributed by atoms with E-state index in [9.17, 15) is 13.2 Å². The second-order valence-electron chi connectivity index (χ2n) is 7.79. The lowest BCUT2D eigenvalue weighted by molar-refractivity contribution is -0.116. The molecule has 5 rings (SSSR count). The third-order valence-electron chi connectivity index (χ3n) is 5.46. The molecule has 33 heavy (non-hydrogen) atoms. The first-order valence-electron chi connectivity index (χ1n) is 10.5. The third kappa shape index (κ3) is 4.23. The molecule has 1 aromatic heterocycles. The Morgan fingerprint density at radius 2 is 1.52 bits per heavy atom. The molecule has 1 N–H and O–H groups in total. The molecule has 164 valence electrons. The molecule has 0 aliphatic rings. The summed E-state index contributed by atoms with van der Waals surface area (Å²) in [7, 11) is -3.79. The summed E-state index contributed by atoms with van der Waals surface area (Å²) in [6.07, 6.45) is 0. The van der Waals surface area contributed by atoms with Crippen molar-refractivity contribution in [3.05, 3.63) is 103 Å². The van der Waals surface area contributed by atoms with Crippen LogP contribution in [0.5, 0.6) is 0 Å². The van der Waals surface area contributed by atoms with E-state index in [2.05, 4.69) is 10.3 Å². The van der Waals surface area contributed by atoms with Crippen LogP contribution in [0.3, 0.4) is 0 Å². The van der Waals surface area contributed by atoms with Crippen molar-refractivity contribution in [3.8, 4) is 0 Å². The van der Waals surface area contributed by atoms with Crippen molar-refractivity contribution >= 4 is 43.2 Å². The molecule has 6 nitrogen and oxygen atoms in total. The Labute approximate surface area is 191 Å². The van der Waals surface area contributed by atoms with E-state index >= 15 is 0 Å². The van der Waals surface area contributed by atoms with Gasteiger partial charge in [-0.3, -0.25) is 4.79 Å². The van der Waals surface area contributed by atoms with E-state index in [-0.39, 0.29) is 23.4 Å². The predicted octanol–water partition coefficient (Wildman–Crippen LogP) is 4.80. The topological polar surface area (TPSA) is 81.1 Å². The Morgan fingerprint density at radius 3 is 2.36 bits per heavy atom. The molecule has 0 saturated heterocycles. The van der Waals surface area contributed by atoms with Crippen molar-refractivity contribution in [2.45, 2.75) is 17.5 Å². The van der Waals surface area contributed by atoms with Gasteiger partial charge >= 0.3 is 0 Å². The maximum atomic E-state index is 13.3. The highest BCUT2D eigenvalue weighted by Gasteiger charge is 2.25. The fourth-order valence-electron chi connectivity index (χ4n) is 3.97. The van der Waals surface area contributed by atoms with Crippen LogP contribution in [-0.4, -0.2) is 23.9 Å². The molecule has 1 heterocycles. The van der Waals surface area contributed by atoms with Crippen molar-refractivity contribution in [1.82, 2.24) is 9.55 Å². The standard InChI is InChI=1S/C26H21N3O3S/c30-25(27-22-15-8-12-20-11-4-5-13-21(20)22)17-29-24-16-7-6-14-23(24)28-26(29)33(31,32)18-19-9-2-1-3-10-19/h1-16H,17-18H2,(H,27,30). The zero-order valence-electron chi connectivity index (χ0n) is 17.7. The number of hydrogen-bond acceptors (Lipinski definition) is 4. The number of anilines is 1. The van der Waals surface area contributed by atoms with Gasteiger partial charge in [0.2, 0.25) is 20.9 Å². The van der Waals surface area contributed by atoms with Gasteiger partial charge in [0.25, 0.3) is 0 Å². The SMILES string of the molecule is O=C(Cn1c(S(=O)(=O)Cc2ccccc2)nc2ccccc21)Nc1cccc2ccccc12. The number of nitrogens with one attached hydrogen (secondary N) is 1. The van der Waals surface area contributed by atoms with E-state index in [4.69, 9.17) is 0 Å². The Hall–Kier alpha value is -3.97. The van der Waals surface area contributed by atoms with Crippen LogP contribution >= 0.6 is 0 Å². The highest BCUT2D eigenvalue weighted by Crippen LogP contribution is 2.25. The molecule has 7 heteroatoms. The average Bonchev–Trinajstić information content (AvgIpc) is 3.19. The molecule has 1 amide bonds. The molecule has 0 aliphatic heterocycles. The molecule has 0 fully saturated rings. The van der Waals surface area contributed by atoms with Crippen LogP contribution in [0.4, 0.5) is 5.69 Å². The van der Waals surface area contributed by atoms with Gasteiger partial charge in [-0.05, 0) is 29.1 Å². The van der Waals surface area contributed by atoms with Gasteiger partial charge in [0.15, 0.2) is 0 Å². The van der Waals surface area contributed by atoms with Crippen LogP contribution < -0.4 is 5.32 Å². The smallest absolute Gasteiger partial charge is 0.244 e. The van der Waals surface area contributed by atoms with Gasteiger partial charge in [0, 0.05) is 11.1 Å². The molecule has 0 radical (unpaired) electrons. The zero-order chi connectivity index (χ0) is 22.8. The molecular formula is C26H21N3O3S. The number of carbonyl (C=O) groups is 1. The summed E-state index contributed by atoms with van der Waals surface area (Å²) < 4.78 is 28.1. The molecule has 0 spiro atoms. The number of rotatable bonds is 6. The highest BCUT2D eigenvalue weighted by molar-refractivity contribution is 7.90. The summed E-state index contributed by atoms with van der Waals surface area (Å²) in [5.41, 5.74) is 2.46. The van der Waals surface area contributed by atoms with Crippen LogP contribution in [0, 0.1) is 0 Å². The summed E-state index contributed by atoms with van der Waals surface area (Å²) in [5.74, 6) is -0.520. The Bertz CT molecular complexity index is 1570. The monoisotopic (exact) mass is 455 g/mol. The van der Waals surface area contributed by atoms with Gasteiger partial charge in [-0.1, -0.05) is 78.9 Å². The predicted molar refractivity (Wildman–Crippen MR) is 130 cm³/mol. The number of para-hydroxylation sites is 2. The van der Waals surface area contributed by atoms with Gasteiger partial charge in [0.05, 0.1) is 16.8 Å². The summed E-state index contributed by atoms with van der Waals surface area (Å²) >= 11 is 0. The maximum Gasteiger partial charge on any atom is 0.244 e. The van der Waals surface area contributed by atoms with E-state index < -0.39 is 9.84 Å². The van der Waals surface area contributed by atoms with Crippen LogP contribution in [0.1, 0.15) is 5.56 Å². The number of nitrogens with zero attached hydrogens (tertiary/aromatic N) is 2. The lowest BCUT2D eigenvalue weighted by atomic mass is 10.1. The van der Waals surface area contributed by atoms with Gasteiger partial charge in [0.1, 0.15) is 6.54 Å². The van der Waals surface area contributed by atoms with E-state index in [1.165, 1.54) is 4.57 Å². The van der Waals surface area contributed by atoms with Crippen molar-refractivity contribution in [1.29, 1.82) is 0 Å². The Balaban J connectivity index is 1.50. The van der Waals surface area contributed by atoms with Gasteiger partial charge < -0.3 is 9.88 Å². The summed E-state index contributed by atoms with van der Waals surface area (Å²) in [6, 6.07) is 29.5. The Kier molecular flexibility index (Phi) is 5.40. The van der Waals surface area contributed by atoms with E-state index in [0.717, 1.165) is 10.8 Å². The molecule has 5 aromatic rings. The second kappa shape index (κ2) is 8.52. The lowest BCUT2D eigenvalue weighted by Crippen LogP contribution is -2.22. The van der Waals surface area contributed by atoms with Gasteiger partial charge in [-0.25, -0.2) is 13.4 Å². The van der Waals surface area contributed by atoms with Crippen molar-refractivity contribution in [3.63, 3.8) is 0 Å². The minimum atomic E-state index is -3.79. The molecule has 0 saturated carbocycles. The number of hydrogen-bond donors (Lipinski definition) is 1. The Morgan fingerprint density at radius 1 is 0.818 bits per heavy atom. The normalized spacial score (nSPS) is 11.6.